The van der Waals surface area contributed by atoms with Crippen LogP contribution in [0.5, 0.6) is 5.75 Å². The first-order valence-electron chi connectivity index (χ1n) is 2.96. The van der Waals surface area contributed by atoms with Crippen molar-refractivity contribution in [2.75, 3.05) is 0 Å². The zero-order chi connectivity index (χ0) is 8.43. The van der Waals surface area contributed by atoms with Gasteiger partial charge < -0.3 is 5.11 Å². The van der Waals surface area contributed by atoms with Gasteiger partial charge >= 0.3 is 0 Å². The van der Waals surface area contributed by atoms with Crippen LogP contribution in [-0.2, 0) is 0 Å². The molecule has 0 saturated carbocycles. The molecule has 0 aliphatic rings. The largest absolute Gasteiger partial charge is 0.505 e. The summed E-state index contributed by atoms with van der Waals surface area (Å²) in [5.74, 6) is -0.377. The molecule has 0 aromatic carbocycles. The molecule has 11 heavy (non-hydrogen) atoms. The van der Waals surface area contributed by atoms with E-state index in [0.29, 0.717) is 0 Å². The predicted octanol–water partition coefficient (Wildman–Crippen LogP) is 1.64. The average Bonchev–Trinajstić information content (AvgIpc) is 1.94. The first-order chi connectivity index (χ1) is 5.13. The third-order valence-electron chi connectivity index (χ3n) is 1.24. The zero-order valence-electron chi connectivity index (χ0n) is 5.84. The van der Waals surface area contributed by atoms with Gasteiger partial charge in [0.25, 0.3) is 0 Å². The van der Waals surface area contributed by atoms with Gasteiger partial charge in [-0.25, -0.2) is 0 Å². The standard InChI is InChI=1S/C7H6ClNO2/c1-4(10)5-2-9-3-6(11)7(5)8/h2-3,11H,1H3. The van der Waals surface area contributed by atoms with E-state index in [4.69, 9.17) is 16.7 Å². The zero-order valence-corrected chi connectivity index (χ0v) is 6.59. The van der Waals surface area contributed by atoms with Crippen molar-refractivity contribution in [2.45, 2.75) is 6.92 Å². The second-order valence-electron chi connectivity index (χ2n) is 2.08. The third kappa shape index (κ3) is 1.49. The number of aromatic nitrogens is 1. The molecule has 4 heteroatoms. The molecule has 0 atom stereocenters. The van der Waals surface area contributed by atoms with Crippen molar-refractivity contribution in [3.63, 3.8) is 0 Å². The normalized spacial score (nSPS) is 9.64. The van der Waals surface area contributed by atoms with Crippen LogP contribution in [0, 0.1) is 0 Å². The summed E-state index contributed by atoms with van der Waals surface area (Å²) in [6.07, 6.45) is 2.51. The smallest absolute Gasteiger partial charge is 0.162 e. The highest BCUT2D eigenvalue weighted by Crippen LogP contribution is 2.25. The fourth-order valence-corrected chi connectivity index (χ4v) is 0.910. The number of nitrogens with zero attached hydrogens (tertiary/aromatic N) is 1. The van der Waals surface area contributed by atoms with Crippen LogP contribution in [-0.4, -0.2) is 15.9 Å². The van der Waals surface area contributed by atoms with Crippen LogP contribution in [0.25, 0.3) is 0 Å². The lowest BCUT2D eigenvalue weighted by Crippen LogP contribution is -1.93. The van der Waals surface area contributed by atoms with Gasteiger partial charge in [-0.3, -0.25) is 9.78 Å². The van der Waals surface area contributed by atoms with Gasteiger partial charge in [-0.15, -0.1) is 0 Å². The lowest BCUT2D eigenvalue weighted by atomic mass is 10.2. The van der Waals surface area contributed by atoms with Crippen molar-refractivity contribution in [3.8, 4) is 5.75 Å². The number of Topliss-reactive ketones (excluding diaryl/α,β-unsaturated/α-hetero) is 1. The summed E-state index contributed by atoms with van der Waals surface area (Å²) < 4.78 is 0. The van der Waals surface area contributed by atoms with Crippen LogP contribution < -0.4 is 0 Å². The highest BCUT2D eigenvalue weighted by Gasteiger charge is 2.08. The van der Waals surface area contributed by atoms with Crippen LogP contribution in [0.1, 0.15) is 17.3 Å². The Morgan fingerprint density at radius 3 is 2.73 bits per heavy atom. The van der Waals surface area contributed by atoms with Crippen LogP contribution >= 0.6 is 11.6 Å². The van der Waals surface area contributed by atoms with Crippen LogP contribution in [0.4, 0.5) is 0 Å². The molecule has 1 aromatic rings. The molecule has 0 spiro atoms. The fraction of sp³-hybridized carbons (Fsp3) is 0.143. The van der Waals surface area contributed by atoms with Crippen molar-refractivity contribution in [2.24, 2.45) is 0 Å². The van der Waals surface area contributed by atoms with Crippen LogP contribution in [0.15, 0.2) is 12.4 Å². The Bertz CT molecular complexity index is 298. The first-order valence-corrected chi connectivity index (χ1v) is 3.34. The first kappa shape index (κ1) is 8.01. The van der Waals surface area contributed by atoms with E-state index in [2.05, 4.69) is 4.98 Å². The molecule has 3 nitrogen and oxygen atoms in total. The van der Waals surface area contributed by atoms with E-state index in [1.165, 1.54) is 19.3 Å². The van der Waals surface area contributed by atoms with Gasteiger partial charge in [0, 0.05) is 6.20 Å². The summed E-state index contributed by atoms with van der Waals surface area (Å²) in [6.45, 7) is 1.36. The second kappa shape index (κ2) is 2.88. The van der Waals surface area contributed by atoms with Gasteiger partial charge in [-0.2, -0.15) is 0 Å². The molecule has 1 N–H and O–H groups in total. The number of halogens is 1. The number of ketones is 1. The molecule has 0 aliphatic carbocycles. The maximum Gasteiger partial charge on any atom is 0.162 e. The maximum atomic E-state index is 10.8. The van der Waals surface area contributed by atoms with E-state index in [-0.39, 0.29) is 22.1 Å². The van der Waals surface area contributed by atoms with Crippen molar-refractivity contribution >= 4 is 17.4 Å². The monoisotopic (exact) mass is 171 g/mol. The number of hydrogen-bond donors (Lipinski definition) is 1. The Kier molecular flexibility index (Phi) is 2.10. The number of aromatic hydroxyl groups is 1. The summed E-state index contributed by atoms with van der Waals surface area (Å²) in [5.41, 5.74) is 0.242. The molecule has 1 rings (SSSR count). The molecule has 1 heterocycles. The maximum absolute atomic E-state index is 10.8. The number of pyridine rings is 1. The van der Waals surface area contributed by atoms with Gasteiger partial charge in [-0.05, 0) is 6.92 Å². The molecule has 0 radical (unpaired) electrons. The molecule has 0 fully saturated rings. The summed E-state index contributed by atoms with van der Waals surface area (Å²) in [7, 11) is 0. The average molecular weight is 172 g/mol. The van der Waals surface area contributed by atoms with Crippen LogP contribution in [0.2, 0.25) is 5.02 Å². The van der Waals surface area contributed by atoms with E-state index in [1.54, 1.807) is 0 Å². The molecule has 0 amide bonds. The Balaban J connectivity index is 3.27. The Hall–Kier alpha value is -1.09. The second-order valence-corrected chi connectivity index (χ2v) is 2.45. The van der Waals surface area contributed by atoms with Crippen molar-refractivity contribution in [1.29, 1.82) is 0 Å². The van der Waals surface area contributed by atoms with E-state index in [0.717, 1.165) is 0 Å². The van der Waals surface area contributed by atoms with Crippen molar-refractivity contribution < 1.29 is 9.90 Å². The summed E-state index contributed by atoms with van der Waals surface area (Å²) in [6, 6.07) is 0. The molecule has 0 unspecified atom stereocenters. The topological polar surface area (TPSA) is 50.2 Å². The Labute approximate surface area is 68.6 Å². The molecule has 1 aromatic heterocycles. The number of carbonyl (C=O) groups excluding carboxylic acids is 1. The molecule has 58 valence electrons. The van der Waals surface area contributed by atoms with Crippen molar-refractivity contribution in [1.82, 2.24) is 4.98 Å². The van der Waals surface area contributed by atoms with E-state index < -0.39 is 0 Å². The molecular weight excluding hydrogens is 166 g/mol. The summed E-state index contributed by atoms with van der Waals surface area (Å²) in [5, 5.41) is 9.06. The van der Waals surface area contributed by atoms with Gasteiger partial charge in [0.2, 0.25) is 0 Å². The highest BCUT2D eigenvalue weighted by molar-refractivity contribution is 6.35. The lowest BCUT2D eigenvalue weighted by Gasteiger charge is -1.99. The van der Waals surface area contributed by atoms with Gasteiger partial charge in [0.1, 0.15) is 0 Å². The minimum Gasteiger partial charge on any atom is -0.505 e. The molecule has 0 bridgehead atoms. The van der Waals surface area contributed by atoms with Gasteiger partial charge in [0.15, 0.2) is 11.5 Å². The number of rotatable bonds is 1. The minimum atomic E-state index is -0.210. The van der Waals surface area contributed by atoms with Gasteiger partial charge in [0.05, 0.1) is 16.8 Å². The van der Waals surface area contributed by atoms with Crippen LogP contribution in [0.3, 0.4) is 0 Å². The summed E-state index contributed by atoms with van der Waals surface area (Å²) >= 11 is 5.58. The number of carbonyl (C=O) groups is 1. The highest BCUT2D eigenvalue weighted by atomic mass is 35.5. The third-order valence-corrected chi connectivity index (χ3v) is 1.64. The molecular formula is C7H6ClNO2. The lowest BCUT2D eigenvalue weighted by molar-refractivity contribution is 0.101. The predicted molar refractivity (Wildman–Crippen MR) is 40.9 cm³/mol. The number of hydrogen-bond acceptors (Lipinski definition) is 3. The van der Waals surface area contributed by atoms with Crippen molar-refractivity contribution in [3.05, 3.63) is 23.0 Å². The minimum absolute atomic E-state index is 0.0625. The van der Waals surface area contributed by atoms with E-state index >= 15 is 0 Å². The Morgan fingerprint density at radius 2 is 2.27 bits per heavy atom. The Morgan fingerprint density at radius 1 is 1.64 bits per heavy atom. The van der Waals surface area contributed by atoms with E-state index in [1.807, 2.05) is 0 Å². The fourth-order valence-electron chi connectivity index (χ4n) is 0.679. The SMILES string of the molecule is CC(=O)c1cncc(O)c1Cl. The summed E-state index contributed by atoms with van der Waals surface area (Å²) in [4.78, 5) is 14.4. The molecule has 0 aliphatic heterocycles. The van der Waals surface area contributed by atoms with E-state index in [9.17, 15) is 4.79 Å². The molecule has 0 saturated heterocycles. The quantitative estimate of drug-likeness (QED) is 0.654. The van der Waals surface area contributed by atoms with Gasteiger partial charge in [-0.1, -0.05) is 11.6 Å².